The zero-order valence-electron chi connectivity index (χ0n) is 11.1. The van der Waals surface area contributed by atoms with Gasteiger partial charge in [0.05, 0.1) is 6.10 Å². The van der Waals surface area contributed by atoms with Crippen molar-refractivity contribution in [3.05, 3.63) is 0 Å². The first kappa shape index (κ1) is 14.8. The van der Waals surface area contributed by atoms with Crippen molar-refractivity contribution in [2.24, 2.45) is 11.7 Å². The molecule has 0 saturated carbocycles. The molecule has 1 saturated heterocycles. The van der Waals surface area contributed by atoms with Gasteiger partial charge in [0.1, 0.15) is 6.04 Å². The number of aliphatic hydroxyl groups excluding tert-OH is 1. The van der Waals surface area contributed by atoms with Crippen LogP contribution in [0.2, 0.25) is 0 Å². The monoisotopic (exact) mass is 257 g/mol. The number of β-amino-alcohol motifs (C(OH)–C–C–N with tert-alkyl or cyclic N) is 1. The molecule has 2 atom stereocenters. The summed E-state index contributed by atoms with van der Waals surface area (Å²) >= 11 is 0. The van der Waals surface area contributed by atoms with Crippen LogP contribution < -0.4 is 11.1 Å². The first-order valence-corrected chi connectivity index (χ1v) is 6.43. The van der Waals surface area contributed by atoms with Gasteiger partial charge < -0.3 is 21.1 Å². The van der Waals surface area contributed by atoms with Crippen LogP contribution >= 0.6 is 0 Å². The van der Waals surface area contributed by atoms with Gasteiger partial charge in [-0.3, -0.25) is 4.79 Å². The van der Waals surface area contributed by atoms with Gasteiger partial charge in [0.2, 0.25) is 5.91 Å². The second-order valence-corrected chi connectivity index (χ2v) is 5.27. The third-order valence-corrected chi connectivity index (χ3v) is 3.03. The van der Waals surface area contributed by atoms with Gasteiger partial charge in [0, 0.05) is 13.1 Å². The van der Waals surface area contributed by atoms with Gasteiger partial charge in [-0.05, 0) is 25.2 Å². The Kier molecular flexibility index (Phi) is 5.40. The van der Waals surface area contributed by atoms with E-state index in [2.05, 4.69) is 5.32 Å². The molecule has 6 heteroatoms. The highest BCUT2D eigenvalue weighted by atomic mass is 16.3. The molecule has 0 spiro atoms. The van der Waals surface area contributed by atoms with Crippen LogP contribution in [0.15, 0.2) is 0 Å². The highest BCUT2D eigenvalue weighted by molar-refractivity contribution is 5.86. The third kappa shape index (κ3) is 4.52. The summed E-state index contributed by atoms with van der Waals surface area (Å²) in [6, 6.07) is -1.28. The van der Waals surface area contributed by atoms with Gasteiger partial charge in [-0.2, -0.15) is 0 Å². The van der Waals surface area contributed by atoms with E-state index in [0.717, 1.165) is 12.8 Å². The zero-order valence-corrected chi connectivity index (χ0v) is 11.1. The number of rotatable bonds is 4. The first-order valence-electron chi connectivity index (χ1n) is 6.43. The van der Waals surface area contributed by atoms with Gasteiger partial charge >= 0.3 is 6.03 Å². The predicted molar refractivity (Wildman–Crippen MR) is 67.8 cm³/mol. The minimum atomic E-state index is -0.688. The van der Waals surface area contributed by atoms with E-state index in [0.29, 0.717) is 19.5 Å². The number of urea groups is 1. The van der Waals surface area contributed by atoms with E-state index < -0.39 is 18.2 Å². The fraction of sp³-hybridized carbons (Fsp3) is 0.833. The SMILES string of the molecule is CC(C)CC(NC(N)=O)C(=O)N1CCCC(O)C1. The lowest BCUT2D eigenvalue weighted by Crippen LogP contribution is -2.53. The number of hydrogen-bond donors (Lipinski definition) is 3. The number of aliphatic hydroxyl groups is 1. The van der Waals surface area contributed by atoms with Crippen LogP contribution in [-0.2, 0) is 4.79 Å². The number of carbonyl (C=O) groups excluding carboxylic acids is 2. The van der Waals surface area contributed by atoms with Crippen LogP contribution in [0, 0.1) is 5.92 Å². The van der Waals surface area contributed by atoms with Crippen LogP contribution in [0.1, 0.15) is 33.1 Å². The lowest BCUT2D eigenvalue weighted by molar-refractivity contribution is -0.136. The molecule has 18 heavy (non-hydrogen) atoms. The van der Waals surface area contributed by atoms with Crippen LogP contribution in [0.4, 0.5) is 4.79 Å². The number of nitrogens with two attached hydrogens (primary N) is 1. The molecule has 2 unspecified atom stereocenters. The van der Waals surface area contributed by atoms with Crippen molar-refractivity contribution in [2.75, 3.05) is 13.1 Å². The summed E-state index contributed by atoms with van der Waals surface area (Å²) < 4.78 is 0. The summed E-state index contributed by atoms with van der Waals surface area (Å²) in [5, 5.41) is 12.1. The van der Waals surface area contributed by atoms with Gasteiger partial charge in [0.15, 0.2) is 0 Å². The van der Waals surface area contributed by atoms with Gasteiger partial charge in [0.25, 0.3) is 0 Å². The molecule has 1 fully saturated rings. The van der Waals surface area contributed by atoms with Gasteiger partial charge in [-0.15, -0.1) is 0 Å². The van der Waals surface area contributed by atoms with Crippen molar-refractivity contribution < 1.29 is 14.7 Å². The smallest absolute Gasteiger partial charge is 0.312 e. The van der Waals surface area contributed by atoms with Crippen molar-refractivity contribution in [3.8, 4) is 0 Å². The molecule has 6 nitrogen and oxygen atoms in total. The van der Waals surface area contributed by atoms with E-state index in [-0.39, 0.29) is 11.8 Å². The number of carbonyl (C=O) groups is 2. The quantitative estimate of drug-likeness (QED) is 0.664. The van der Waals surface area contributed by atoms with Crippen molar-refractivity contribution >= 4 is 11.9 Å². The summed E-state index contributed by atoms with van der Waals surface area (Å²) in [6.07, 6.45) is 1.60. The summed E-state index contributed by atoms with van der Waals surface area (Å²) in [6.45, 7) is 4.93. The summed E-state index contributed by atoms with van der Waals surface area (Å²) in [5.41, 5.74) is 5.09. The Labute approximate surface area is 108 Å². The Hall–Kier alpha value is -1.30. The molecule has 0 bridgehead atoms. The summed E-state index contributed by atoms with van der Waals surface area (Å²) in [5.74, 6) is 0.127. The molecule has 4 N–H and O–H groups in total. The average molecular weight is 257 g/mol. The Morgan fingerprint density at radius 2 is 2.17 bits per heavy atom. The number of hydrogen-bond acceptors (Lipinski definition) is 3. The lowest BCUT2D eigenvalue weighted by Gasteiger charge is -2.33. The van der Waals surface area contributed by atoms with E-state index in [1.165, 1.54) is 0 Å². The molecule has 0 radical (unpaired) electrons. The van der Waals surface area contributed by atoms with Crippen LogP contribution in [0.25, 0.3) is 0 Å². The van der Waals surface area contributed by atoms with Gasteiger partial charge in [-0.1, -0.05) is 13.8 Å². The first-order chi connectivity index (χ1) is 8.40. The zero-order chi connectivity index (χ0) is 13.7. The second kappa shape index (κ2) is 6.58. The predicted octanol–water partition coefficient (Wildman–Crippen LogP) is 0.0527. The van der Waals surface area contributed by atoms with Crippen molar-refractivity contribution in [1.29, 1.82) is 0 Å². The maximum atomic E-state index is 12.3. The highest BCUT2D eigenvalue weighted by Gasteiger charge is 2.29. The molecule has 0 aromatic heterocycles. The van der Waals surface area contributed by atoms with Crippen LogP contribution in [-0.4, -0.2) is 47.2 Å². The Bertz CT molecular complexity index is 307. The number of piperidine rings is 1. The topological polar surface area (TPSA) is 95.7 Å². The number of amides is 3. The van der Waals surface area contributed by atoms with E-state index >= 15 is 0 Å². The Morgan fingerprint density at radius 1 is 1.50 bits per heavy atom. The average Bonchev–Trinajstić information content (AvgIpc) is 2.26. The fourth-order valence-corrected chi connectivity index (χ4v) is 2.24. The van der Waals surface area contributed by atoms with Gasteiger partial charge in [-0.25, -0.2) is 4.79 Å². The van der Waals surface area contributed by atoms with Crippen molar-refractivity contribution in [1.82, 2.24) is 10.2 Å². The van der Waals surface area contributed by atoms with E-state index in [1.54, 1.807) is 4.90 Å². The summed E-state index contributed by atoms with van der Waals surface area (Å²) in [4.78, 5) is 24.8. The molecule has 3 amide bonds. The second-order valence-electron chi connectivity index (χ2n) is 5.27. The number of nitrogens with zero attached hydrogens (tertiary/aromatic N) is 1. The Balaban J connectivity index is 2.64. The molecule has 1 heterocycles. The molecular weight excluding hydrogens is 234 g/mol. The molecule has 104 valence electrons. The molecule has 1 aliphatic heterocycles. The number of likely N-dealkylation sites (tertiary alicyclic amines) is 1. The molecule has 0 aromatic carbocycles. The largest absolute Gasteiger partial charge is 0.391 e. The maximum Gasteiger partial charge on any atom is 0.312 e. The normalized spacial score (nSPS) is 21.8. The van der Waals surface area contributed by atoms with Crippen LogP contribution in [0.3, 0.4) is 0 Å². The maximum absolute atomic E-state index is 12.3. The minimum absolute atomic E-state index is 0.152. The lowest BCUT2D eigenvalue weighted by atomic mass is 10.0. The molecule has 1 rings (SSSR count). The Morgan fingerprint density at radius 3 is 2.67 bits per heavy atom. The molecule has 0 aliphatic carbocycles. The molecular formula is C12H23N3O3. The summed E-state index contributed by atoms with van der Waals surface area (Å²) in [7, 11) is 0. The minimum Gasteiger partial charge on any atom is -0.391 e. The fourth-order valence-electron chi connectivity index (χ4n) is 2.24. The number of primary amides is 1. The van der Waals surface area contributed by atoms with Crippen molar-refractivity contribution in [3.63, 3.8) is 0 Å². The van der Waals surface area contributed by atoms with E-state index in [4.69, 9.17) is 5.73 Å². The number of nitrogens with one attached hydrogen (secondary N) is 1. The van der Waals surface area contributed by atoms with Crippen molar-refractivity contribution in [2.45, 2.75) is 45.3 Å². The molecule has 0 aromatic rings. The van der Waals surface area contributed by atoms with Crippen LogP contribution in [0.5, 0.6) is 0 Å². The molecule has 1 aliphatic rings. The standard InChI is InChI=1S/C12H23N3O3/c1-8(2)6-10(14-12(13)18)11(17)15-5-3-4-9(16)7-15/h8-10,16H,3-7H2,1-2H3,(H3,13,14,18). The third-order valence-electron chi connectivity index (χ3n) is 3.03. The van der Waals surface area contributed by atoms with E-state index in [9.17, 15) is 14.7 Å². The highest BCUT2D eigenvalue weighted by Crippen LogP contribution is 2.14. The van der Waals surface area contributed by atoms with E-state index in [1.807, 2.05) is 13.8 Å².